The molecule has 0 aliphatic heterocycles. The first-order chi connectivity index (χ1) is 9.08. The monoisotopic (exact) mass is 256 g/mol. The van der Waals surface area contributed by atoms with E-state index in [1.165, 1.54) is 11.1 Å². The molecule has 1 aromatic heterocycles. The summed E-state index contributed by atoms with van der Waals surface area (Å²) in [7, 11) is 2.05. The molecule has 19 heavy (non-hydrogen) atoms. The lowest BCUT2D eigenvalue weighted by Gasteiger charge is -2.20. The summed E-state index contributed by atoms with van der Waals surface area (Å²) in [5, 5.41) is 9.45. The third kappa shape index (κ3) is 3.32. The van der Waals surface area contributed by atoms with Crippen LogP contribution in [-0.4, -0.2) is 17.1 Å². The predicted octanol–water partition coefficient (Wildman–Crippen LogP) is 3.08. The number of aliphatic hydroxyl groups is 1. The van der Waals surface area contributed by atoms with Crippen molar-refractivity contribution < 1.29 is 5.11 Å². The van der Waals surface area contributed by atoms with Gasteiger partial charge in [0.25, 0.3) is 0 Å². The van der Waals surface area contributed by atoms with Crippen LogP contribution in [0.1, 0.15) is 29.8 Å². The molecular formula is C16H20N2O. The minimum Gasteiger partial charge on any atom is -0.387 e. The number of nitrogens with zero attached hydrogens (tertiary/aromatic N) is 2. The molecule has 3 nitrogen and oxygen atoms in total. The van der Waals surface area contributed by atoms with E-state index in [2.05, 4.69) is 41.1 Å². The average molecular weight is 256 g/mol. The van der Waals surface area contributed by atoms with E-state index in [9.17, 15) is 5.11 Å². The van der Waals surface area contributed by atoms with Crippen LogP contribution in [0.15, 0.2) is 42.6 Å². The summed E-state index contributed by atoms with van der Waals surface area (Å²) in [6.07, 6.45) is 1.29. The Morgan fingerprint density at radius 1 is 1.21 bits per heavy atom. The molecule has 0 unspecified atom stereocenters. The largest absolute Gasteiger partial charge is 0.387 e. The summed E-state index contributed by atoms with van der Waals surface area (Å²) in [4.78, 5) is 6.43. The number of hydrogen-bond donors (Lipinski definition) is 1. The van der Waals surface area contributed by atoms with Gasteiger partial charge in [0.1, 0.15) is 0 Å². The van der Waals surface area contributed by atoms with Gasteiger partial charge in [-0.15, -0.1) is 0 Å². The van der Waals surface area contributed by atoms with Crippen LogP contribution in [0.3, 0.4) is 0 Å². The quantitative estimate of drug-likeness (QED) is 0.913. The Morgan fingerprint density at radius 3 is 2.53 bits per heavy atom. The van der Waals surface area contributed by atoms with Gasteiger partial charge in [-0.25, -0.2) is 0 Å². The Labute approximate surface area is 114 Å². The highest BCUT2D eigenvalue weighted by Crippen LogP contribution is 2.18. The van der Waals surface area contributed by atoms with Crippen molar-refractivity contribution >= 4 is 5.69 Å². The molecule has 1 N–H and O–H groups in total. The van der Waals surface area contributed by atoms with E-state index in [4.69, 9.17) is 0 Å². The molecule has 0 fully saturated rings. The standard InChI is InChI=1S/C16H20N2O/c1-12-6-4-5-7-14(12)11-18(3)15-8-9-16(13(2)19)17-10-15/h4-10,13,19H,11H2,1-3H3/t13-/m1/s1. The first kappa shape index (κ1) is 13.6. The van der Waals surface area contributed by atoms with Crippen LogP contribution in [-0.2, 0) is 6.54 Å². The van der Waals surface area contributed by atoms with Crippen LogP contribution in [0.2, 0.25) is 0 Å². The second-order valence-electron chi connectivity index (χ2n) is 4.90. The van der Waals surface area contributed by atoms with Crippen molar-refractivity contribution in [3.8, 4) is 0 Å². The molecule has 1 heterocycles. The zero-order valence-corrected chi connectivity index (χ0v) is 11.7. The minimum absolute atomic E-state index is 0.518. The smallest absolute Gasteiger partial charge is 0.0931 e. The van der Waals surface area contributed by atoms with Crippen LogP contribution < -0.4 is 4.90 Å². The summed E-state index contributed by atoms with van der Waals surface area (Å²) in [5.74, 6) is 0. The van der Waals surface area contributed by atoms with Crippen molar-refractivity contribution in [3.63, 3.8) is 0 Å². The van der Waals surface area contributed by atoms with E-state index in [0.29, 0.717) is 5.69 Å². The lowest BCUT2D eigenvalue weighted by molar-refractivity contribution is 0.194. The van der Waals surface area contributed by atoms with Gasteiger partial charge < -0.3 is 10.0 Å². The van der Waals surface area contributed by atoms with Gasteiger partial charge in [0.2, 0.25) is 0 Å². The topological polar surface area (TPSA) is 36.4 Å². The Bertz CT molecular complexity index is 535. The molecule has 0 saturated carbocycles. The van der Waals surface area contributed by atoms with E-state index in [0.717, 1.165) is 12.2 Å². The SMILES string of the molecule is Cc1ccccc1CN(C)c1ccc([C@@H](C)O)nc1. The maximum absolute atomic E-state index is 9.45. The summed E-state index contributed by atoms with van der Waals surface area (Å²) in [5.41, 5.74) is 4.35. The maximum Gasteiger partial charge on any atom is 0.0931 e. The highest BCUT2D eigenvalue weighted by atomic mass is 16.3. The molecule has 0 aliphatic rings. The Hall–Kier alpha value is -1.87. The summed E-state index contributed by atoms with van der Waals surface area (Å²) in [6, 6.07) is 12.2. The molecule has 1 aromatic carbocycles. The van der Waals surface area contributed by atoms with Crippen molar-refractivity contribution in [1.29, 1.82) is 0 Å². The summed E-state index contributed by atoms with van der Waals surface area (Å²) < 4.78 is 0. The Balaban J connectivity index is 2.12. The van der Waals surface area contributed by atoms with Gasteiger partial charge in [-0.2, -0.15) is 0 Å². The number of pyridine rings is 1. The van der Waals surface area contributed by atoms with Gasteiger partial charge >= 0.3 is 0 Å². The van der Waals surface area contributed by atoms with Gasteiger partial charge in [-0.1, -0.05) is 24.3 Å². The van der Waals surface area contributed by atoms with Crippen molar-refractivity contribution in [1.82, 2.24) is 4.98 Å². The molecule has 100 valence electrons. The van der Waals surface area contributed by atoms with E-state index < -0.39 is 6.10 Å². The summed E-state index contributed by atoms with van der Waals surface area (Å²) in [6.45, 7) is 4.69. The van der Waals surface area contributed by atoms with Crippen LogP contribution in [0.4, 0.5) is 5.69 Å². The molecule has 0 spiro atoms. The summed E-state index contributed by atoms with van der Waals surface area (Å²) >= 11 is 0. The lowest BCUT2D eigenvalue weighted by atomic mass is 10.1. The number of hydrogen-bond acceptors (Lipinski definition) is 3. The van der Waals surface area contributed by atoms with Crippen LogP contribution >= 0.6 is 0 Å². The fraction of sp³-hybridized carbons (Fsp3) is 0.312. The molecule has 2 aromatic rings. The molecule has 0 radical (unpaired) electrons. The molecule has 1 atom stereocenters. The maximum atomic E-state index is 9.45. The lowest BCUT2D eigenvalue weighted by Crippen LogP contribution is -2.17. The number of aliphatic hydroxyl groups excluding tert-OH is 1. The van der Waals surface area contributed by atoms with Crippen LogP contribution in [0.5, 0.6) is 0 Å². The normalized spacial score (nSPS) is 12.2. The van der Waals surface area contributed by atoms with Gasteiger partial charge in [0, 0.05) is 13.6 Å². The highest BCUT2D eigenvalue weighted by Gasteiger charge is 2.06. The second kappa shape index (κ2) is 5.85. The first-order valence-corrected chi connectivity index (χ1v) is 6.47. The molecule has 2 rings (SSSR count). The number of aromatic nitrogens is 1. The fourth-order valence-corrected chi connectivity index (χ4v) is 2.00. The van der Waals surface area contributed by atoms with Crippen molar-refractivity contribution in [2.24, 2.45) is 0 Å². The Kier molecular flexibility index (Phi) is 4.17. The third-order valence-corrected chi connectivity index (χ3v) is 3.31. The van der Waals surface area contributed by atoms with Crippen molar-refractivity contribution in [2.75, 3.05) is 11.9 Å². The average Bonchev–Trinajstić information content (AvgIpc) is 2.41. The van der Waals surface area contributed by atoms with E-state index in [1.807, 2.05) is 19.2 Å². The molecule has 0 bridgehead atoms. The van der Waals surface area contributed by atoms with Crippen LogP contribution in [0.25, 0.3) is 0 Å². The van der Waals surface area contributed by atoms with E-state index >= 15 is 0 Å². The van der Waals surface area contributed by atoms with Gasteiger partial charge in [-0.05, 0) is 37.1 Å². The highest BCUT2D eigenvalue weighted by molar-refractivity contribution is 5.45. The number of anilines is 1. The number of aryl methyl sites for hydroxylation is 1. The second-order valence-corrected chi connectivity index (χ2v) is 4.90. The van der Waals surface area contributed by atoms with Gasteiger partial charge in [0.15, 0.2) is 0 Å². The number of rotatable bonds is 4. The number of benzene rings is 1. The molecular weight excluding hydrogens is 236 g/mol. The van der Waals surface area contributed by atoms with Crippen molar-refractivity contribution in [3.05, 3.63) is 59.4 Å². The van der Waals surface area contributed by atoms with E-state index in [-0.39, 0.29) is 0 Å². The van der Waals surface area contributed by atoms with Crippen molar-refractivity contribution in [2.45, 2.75) is 26.5 Å². The minimum atomic E-state index is -0.518. The third-order valence-electron chi connectivity index (χ3n) is 3.31. The van der Waals surface area contributed by atoms with Gasteiger partial charge in [0.05, 0.1) is 23.7 Å². The molecule has 0 amide bonds. The molecule has 0 aliphatic carbocycles. The zero-order valence-electron chi connectivity index (χ0n) is 11.7. The molecule has 0 saturated heterocycles. The van der Waals surface area contributed by atoms with Gasteiger partial charge in [-0.3, -0.25) is 4.98 Å². The zero-order chi connectivity index (χ0) is 13.8. The van der Waals surface area contributed by atoms with Crippen LogP contribution in [0, 0.1) is 6.92 Å². The first-order valence-electron chi connectivity index (χ1n) is 6.47. The Morgan fingerprint density at radius 2 is 1.95 bits per heavy atom. The predicted molar refractivity (Wildman–Crippen MR) is 78.2 cm³/mol. The van der Waals surface area contributed by atoms with E-state index in [1.54, 1.807) is 13.1 Å². The fourth-order valence-electron chi connectivity index (χ4n) is 2.00. The molecule has 3 heteroatoms.